The molecule has 0 spiro atoms. The molecule has 104 valence electrons. The first-order chi connectivity index (χ1) is 9.36. The zero-order valence-electron chi connectivity index (χ0n) is 11.4. The molecule has 0 aliphatic heterocycles. The van der Waals surface area contributed by atoms with Crippen LogP contribution in [0.1, 0.15) is 38.8 Å². The summed E-state index contributed by atoms with van der Waals surface area (Å²) >= 11 is 0. The van der Waals surface area contributed by atoms with Gasteiger partial charge in [0.05, 0.1) is 12.7 Å². The molecule has 20 heavy (non-hydrogen) atoms. The number of phenols is 1. The van der Waals surface area contributed by atoms with Gasteiger partial charge in [-0.05, 0) is 31.0 Å². The van der Waals surface area contributed by atoms with Gasteiger partial charge in [-0.15, -0.1) is 0 Å². The van der Waals surface area contributed by atoms with E-state index in [9.17, 15) is 19.5 Å². The number of phenolic OH excluding ortho intramolecular Hbond substituents is 1. The van der Waals surface area contributed by atoms with Crippen LogP contribution in [0.15, 0.2) is 17.9 Å². The summed E-state index contributed by atoms with van der Waals surface area (Å²) in [5.74, 6) is -1.36. The summed E-state index contributed by atoms with van der Waals surface area (Å²) < 4.78 is 4.86. The molecule has 0 atom stereocenters. The lowest BCUT2D eigenvalue weighted by molar-refractivity contribution is -0.116. The molecule has 0 radical (unpaired) electrons. The predicted molar refractivity (Wildman–Crippen MR) is 71.0 cm³/mol. The number of hydrogen-bond acceptors (Lipinski definition) is 5. The normalized spacial score (nSPS) is 13.8. The molecule has 2 rings (SSSR count). The molecule has 1 aromatic carbocycles. The molecular formula is C15H14O5. The average Bonchev–Trinajstić information content (AvgIpc) is 2.38. The van der Waals surface area contributed by atoms with Crippen LogP contribution < -0.4 is 0 Å². The molecule has 5 heteroatoms. The van der Waals surface area contributed by atoms with E-state index in [1.54, 1.807) is 6.92 Å². The zero-order chi connectivity index (χ0) is 15.0. The second kappa shape index (κ2) is 4.92. The fourth-order valence-electron chi connectivity index (χ4n) is 2.24. The number of ketones is 3. The van der Waals surface area contributed by atoms with Crippen LogP contribution in [0.5, 0.6) is 5.75 Å². The van der Waals surface area contributed by atoms with E-state index < -0.39 is 11.6 Å². The molecule has 0 aromatic heterocycles. The minimum absolute atomic E-state index is 0.0272. The van der Waals surface area contributed by atoms with Gasteiger partial charge in [-0.2, -0.15) is 0 Å². The van der Waals surface area contributed by atoms with Gasteiger partial charge in [-0.25, -0.2) is 0 Å². The molecule has 5 nitrogen and oxygen atoms in total. The predicted octanol–water partition coefficient (Wildman–Crippen LogP) is 1.74. The molecular weight excluding hydrogens is 260 g/mol. The Kier molecular flexibility index (Phi) is 3.44. The minimum Gasteiger partial charge on any atom is -0.507 e. The van der Waals surface area contributed by atoms with E-state index in [2.05, 4.69) is 0 Å². The van der Waals surface area contributed by atoms with Gasteiger partial charge in [-0.3, -0.25) is 14.4 Å². The zero-order valence-corrected chi connectivity index (χ0v) is 11.4. The van der Waals surface area contributed by atoms with E-state index in [1.807, 2.05) is 0 Å². The number of carbonyl (C=O) groups is 3. The lowest BCUT2D eigenvalue weighted by Gasteiger charge is -2.18. The van der Waals surface area contributed by atoms with Crippen LogP contribution in [-0.4, -0.2) is 29.6 Å². The summed E-state index contributed by atoms with van der Waals surface area (Å²) in [6, 6.07) is 1.48. The highest BCUT2D eigenvalue weighted by molar-refractivity contribution is 6.25. The molecule has 1 N–H and O–H groups in total. The summed E-state index contributed by atoms with van der Waals surface area (Å²) in [6.45, 7) is 3.03. The van der Waals surface area contributed by atoms with Gasteiger partial charge < -0.3 is 9.84 Å². The molecule has 0 fully saturated rings. The number of methoxy groups -OCH3 is 1. The molecule has 1 aliphatic rings. The third-order valence-corrected chi connectivity index (χ3v) is 3.30. The van der Waals surface area contributed by atoms with Gasteiger partial charge in [0.1, 0.15) is 11.5 Å². The number of allylic oxidation sites excluding steroid dienone is 2. The van der Waals surface area contributed by atoms with Crippen molar-refractivity contribution in [1.29, 1.82) is 0 Å². The molecule has 0 heterocycles. The minimum atomic E-state index is -0.480. The Morgan fingerprint density at radius 2 is 2.00 bits per heavy atom. The van der Waals surface area contributed by atoms with Gasteiger partial charge >= 0.3 is 0 Å². The van der Waals surface area contributed by atoms with Crippen molar-refractivity contribution in [2.45, 2.75) is 20.3 Å². The molecule has 1 aromatic rings. The summed E-state index contributed by atoms with van der Waals surface area (Å²) in [5.41, 5.74) is 1.02. The van der Waals surface area contributed by atoms with Crippen molar-refractivity contribution in [3.05, 3.63) is 40.2 Å². The Bertz CT molecular complexity index is 667. The van der Waals surface area contributed by atoms with Gasteiger partial charge in [0.2, 0.25) is 5.78 Å². The van der Waals surface area contributed by atoms with Gasteiger partial charge in [0.25, 0.3) is 0 Å². The number of ether oxygens (including phenoxy) is 1. The number of hydrogen-bond donors (Lipinski definition) is 1. The number of carbonyl (C=O) groups excluding carboxylic acids is 3. The fraction of sp³-hybridized carbons (Fsp3) is 0.267. The van der Waals surface area contributed by atoms with Crippen molar-refractivity contribution in [3.8, 4) is 5.75 Å². The SMILES string of the molecule is COC1=CC(=O)c2c(cc(CC(C)=O)c(C)c2O)C1=O. The van der Waals surface area contributed by atoms with E-state index in [4.69, 9.17) is 4.74 Å². The highest BCUT2D eigenvalue weighted by Crippen LogP contribution is 2.34. The first kappa shape index (κ1) is 14.0. The van der Waals surface area contributed by atoms with Crippen LogP contribution in [0.2, 0.25) is 0 Å². The van der Waals surface area contributed by atoms with Crippen molar-refractivity contribution in [2.75, 3.05) is 7.11 Å². The molecule has 0 unspecified atom stereocenters. The smallest absolute Gasteiger partial charge is 0.228 e. The van der Waals surface area contributed by atoms with Crippen LogP contribution >= 0.6 is 0 Å². The van der Waals surface area contributed by atoms with E-state index in [0.29, 0.717) is 11.1 Å². The van der Waals surface area contributed by atoms with E-state index in [1.165, 1.54) is 20.1 Å². The van der Waals surface area contributed by atoms with Crippen molar-refractivity contribution in [3.63, 3.8) is 0 Å². The molecule has 0 bridgehead atoms. The van der Waals surface area contributed by atoms with E-state index in [0.717, 1.165) is 6.08 Å². The second-order valence-corrected chi connectivity index (χ2v) is 4.72. The monoisotopic (exact) mass is 274 g/mol. The maximum Gasteiger partial charge on any atom is 0.228 e. The Labute approximate surface area is 115 Å². The van der Waals surface area contributed by atoms with Gasteiger partial charge in [0.15, 0.2) is 11.5 Å². The highest BCUT2D eigenvalue weighted by atomic mass is 16.5. The Morgan fingerprint density at radius 1 is 1.35 bits per heavy atom. The Balaban J connectivity index is 2.68. The van der Waals surface area contributed by atoms with Crippen LogP contribution in [-0.2, 0) is 16.0 Å². The van der Waals surface area contributed by atoms with Gasteiger partial charge in [-0.1, -0.05) is 0 Å². The number of fused-ring (bicyclic) bond motifs is 1. The van der Waals surface area contributed by atoms with Gasteiger partial charge in [0, 0.05) is 18.1 Å². The first-order valence-electron chi connectivity index (χ1n) is 6.06. The van der Waals surface area contributed by atoms with Crippen molar-refractivity contribution >= 4 is 17.3 Å². The van der Waals surface area contributed by atoms with Crippen LogP contribution in [0.25, 0.3) is 0 Å². The van der Waals surface area contributed by atoms with Crippen LogP contribution in [0, 0.1) is 6.92 Å². The molecule has 0 saturated heterocycles. The van der Waals surface area contributed by atoms with Crippen molar-refractivity contribution in [1.82, 2.24) is 0 Å². The molecule has 0 saturated carbocycles. The number of aromatic hydroxyl groups is 1. The van der Waals surface area contributed by atoms with Crippen LogP contribution in [0.3, 0.4) is 0 Å². The second-order valence-electron chi connectivity index (χ2n) is 4.72. The Morgan fingerprint density at radius 3 is 2.55 bits per heavy atom. The molecule has 0 amide bonds. The summed E-state index contributed by atoms with van der Waals surface area (Å²) in [5, 5.41) is 10.1. The summed E-state index contributed by atoms with van der Waals surface area (Å²) in [6.07, 6.45) is 1.16. The van der Waals surface area contributed by atoms with E-state index in [-0.39, 0.29) is 34.8 Å². The topological polar surface area (TPSA) is 80.7 Å². The average molecular weight is 274 g/mol. The third-order valence-electron chi connectivity index (χ3n) is 3.30. The third kappa shape index (κ3) is 2.11. The van der Waals surface area contributed by atoms with Crippen molar-refractivity contribution < 1.29 is 24.2 Å². The number of benzene rings is 1. The largest absolute Gasteiger partial charge is 0.507 e. The summed E-state index contributed by atoms with van der Waals surface area (Å²) in [7, 11) is 1.30. The lowest BCUT2D eigenvalue weighted by Crippen LogP contribution is -2.19. The highest BCUT2D eigenvalue weighted by Gasteiger charge is 2.31. The fourth-order valence-corrected chi connectivity index (χ4v) is 2.24. The first-order valence-corrected chi connectivity index (χ1v) is 6.06. The maximum absolute atomic E-state index is 12.2. The quantitative estimate of drug-likeness (QED) is 0.908. The van der Waals surface area contributed by atoms with E-state index >= 15 is 0 Å². The Hall–Kier alpha value is -2.43. The standard InChI is InChI=1S/C15H14O5/c1-7(16)4-9-5-10-13(14(18)8(9)2)11(17)6-12(20-3)15(10)19/h5-6,18H,4H2,1-3H3. The maximum atomic E-state index is 12.2. The van der Waals surface area contributed by atoms with Crippen LogP contribution in [0.4, 0.5) is 0 Å². The lowest BCUT2D eigenvalue weighted by atomic mass is 9.87. The molecule has 1 aliphatic carbocycles. The van der Waals surface area contributed by atoms with Crippen molar-refractivity contribution in [2.24, 2.45) is 0 Å². The number of Topliss-reactive ketones (excluding diaryl/α,β-unsaturated/α-hetero) is 2. The number of rotatable bonds is 3. The summed E-state index contributed by atoms with van der Waals surface area (Å²) in [4.78, 5) is 35.4.